The second kappa shape index (κ2) is 11.2. The van der Waals surface area contributed by atoms with Crippen LogP contribution in [0.1, 0.15) is 25.0 Å². The molecule has 14 nitrogen and oxygen atoms in total. The molecule has 0 saturated carbocycles. The second-order valence-electron chi connectivity index (χ2n) is 7.39. The Kier molecular flexibility index (Phi) is 8.66. The van der Waals surface area contributed by atoms with Crippen LogP contribution in [0, 0.1) is 0 Å². The molecule has 9 N–H and O–H groups in total. The number of aliphatic hydroxyl groups is 1. The number of likely N-dealkylation sites (tertiary alicyclic amines) is 1. The first-order valence-electron chi connectivity index (χ1n) is 9.90. The molecule has 32 heavy (non-hydrogen) atoms. The van der Waals surface area contributed by atoms with Gasteiger partial charge in [-0.1, -0.05) is 0 Å². The number of nitrogens with two attached hydrogens (primary N) is 2. The molecule has 0 bridgehead atoms. The summed E-state index contributed by atoms with van der Waals surface area (Å²) < 4.78 is 0. The van der Waals surface area contributed by atoms with E-state index in [1.807, 2.05) is 0 Å². The van der Waals surface area contributed by atoms with Crippen molar-refractivity contribution in [2.45, 2.75) is 49.9 Å². The smallest absolute Gasteiger partial charge is 0.328 e. The number of aromatic amines is 1. The molecule has 0 radical (unpaired) electrons. The van der Waals surface area contributed by atoms with E-state index in [1.54, 1.807) is 0 Å². The third kappa shape index (κ3) is 6.49. The molecule has 1 aromatic heterocycles. The lowest BCUT2D eigenvalue weighted by atomic mass is 10.1. The van der Waals surface area contributed by atoms with E-state index >= 15 is 0 Å². The van der Waals surface area contributed by atoms with E-state index in [9.17, 15) is 24.0 Å². The van der Waals surface area contributed by atoms with Crippen LogP contribution in [0.2, 0.25) is 0 Å². The van der Waals surface area contributed by atoms with Gasteiger partial charge in [0.2, 0.25) is 23.6 Å². The van der Waals surface area contributed by atoms with Gasteiger partial charge in [-0.05, 0) is 12.8 Å². The molecule has 1 aromatic rings. The molecule has 4 unspecified atom stereocenters. The van der Waals surface area contributed by atoms with Crippen molar-refractivity contribution in [2.75, 3.05) is 13.2 Å². The highest BCUT2D eigenvalue weighted by atomic mass is 16.4. The fraction of sp³-hybridized carbons (Fsp3) is 0.556. The third-order valence-electron chi connectivity index (χ3n) is 4.99. The fourth-order valence-electron chi connectivity index (χ4n) is 3.36. The molecule has 14 heteroatoms. The number of nitrogens with zero attached hydrogens (tertiary/aromatic N) is 2. The number of aliphatic hydroxyl groups excluding tert-OH is 1. The number of nitrogens with one attached hydrogen (secondary N) is 3. The minimum Gasteiger partial charge on any atom is -0.480 e. The Morgan fingerprint density at radius 1 is 1.25 bits per heavy atom. The van der Waals surface area contributed by atoms with Crippen molar-refractivity contribution < 1.29 is 34.2 Å². The van der Waals surface area contributed by atoms with Gasteiger partial charge >= 0.3 is 5.97 Å². The third-order valence-corrected chi connectivity index (χ3v) is 4.99. The summed E-state index contributed by atoms with van der Waals surface area (Å²) in [7, 11) is 0. The minimum atomic E-state index is -1.53. The maximum Gasteiger partial charge on any atom is 0.328 e. The average Bonchev–Trinajstić information content (AvgIpc) is 3.42. The van der Waals surface area contributed by atoms with Crippen molar-refractivity contribution in [2.24, 2.45) is 11.5 Å². The van der Waals surface area contributed by atoms with Crippen molar-refractivity contribution in [3.8, 4) is 0 Å². The number of hydrogen-bond acceptors (Lipinski definition) is 8. The van der Waals surface area contributed by atoms with Crippen LogP contribution in [0.25, 0.3) is 0 Å². The number of amides is 4. The number of aliphatic carboxylic acids is 1. The van der Waals surface area contributed by atoms with E-state index in [1.165, 1.54) is 12.5 Å². The normalized spacial score (nSPS) is 18.4. The molecule has 4 amide bonds. The van der Waals surface area contributed by atoms with Crippen molar-refractivity contribution in [1.82, 2.24) is 25.5 Å². The van der Waals surface area contributed by atoms with Crippen LogP contribution in [-0.4, -0.2) is 92.0 Å². The molecule has 0 spiro atoms. The van der Waals surface area contributed by atoms with Gasteiger partial charge in [-0.25, -0.2) is 9.78 Å². The summed E-state index contributed by atoms with van der Waals surface area (Å²) >= 11 is 0. The highest BCUT2D eigenvalue weighted by Crippen LogP contribution is 2.19. The van der Waals surface area contributed by atoms with Gasteiger partial charge in [-0.2, -0.15) is 0 Å². The maximum atomic E-state index is 13.1. The summed E-state index contributed by atoms with van der Waals surface area (Å²) in [5.41, 5.74) is 11.7. The van der Waals surface area contributed by atoms with Gasteiger partial charge in [0.1, 0.15) is 18.1 Å². The van der Waals surface area contributed by atoms with Crippen molar-refractivity contribution in [3.63, 3.8) is 0 Å². The number of rotatable bonds is 11. The van der Waals surface area contributed by atoms with Crippen LogP contribution in [0.4, 0.5) is 0 Å². The highest BCUT2D eigenvalue weighted by molar-refractivity contribution is 5.96. The van der Waals surface area contributed by atoms with Gasteiger partial charge in [0.25, 0.3) is 0 Å². The molecule has 4 atom stereocenters. The number of carboxylic acid groups (broad SMARTS) is 1. The lowest BCUT2D eigenvalue weighted by Crippen LogP contribution is -2.57. The number of carbonyl (C=O) groups excluding carboxylic acids is 4. The first kappa shape index (κ1) is 24.7. The molecule has 1 fully saturated rings. The van der Waals surface area contributed by atoms with E-state index in [2.05, 4.69) is 20.6 Å². The lowest BCUT2D eigenvalue weighted by molar-refractivity contribution is -0.146. The van der Waals surface area contributed by atoms with Gasteiger partial charge in [-0.3, -0.25) is 19.2 Å². The highest BCUT2D eigenvalue weighted by Gasteiger charge is 2.39. The summed E-state index contributed by atoms with van der Waals surface area (Å²) in [5, 5.41) is 22.7. The zero-order valence-electron chi connectivity index (χ0n) is 17.2. The Bertz CT molecular complexity index is 845. The maximum absolute atomic E-state index is 13.1. The number of aromatic nitrogens is 2. The topological polar surface area (TPSA) is 234 Å². The summed E-state index contributed by atoms with van der Waals surface area (Å²) in [5.74, 6) is -4.47. The van der Waals surface area contributed by atoms with E-state index in [0.29, 0.717) is 12.1 Å². The van der Waals surface area contributed by atoms with Crippen molar-refractivity contribution >= 4 is 29.6 Å². The Morgan fingerprint density at radius 2 is 1.97 bits per heavy atom. The molecular formula is C18H27N7O7. The summed E-state index contributed by atoms with van der Waals surface area (Å²) in [4.78, 5) is 68.4. The number of primary amides is 1. The summed E-state index contributed by atoms with van der Waals surface area (Å²) in [6.45, 7) is -0.671. The predicted octanol–water partition coefficient (Wildman–Crippen LogP) is -3.81. The number of carbonyl (C=O) groups is 5. The van der Waals surface area contributed by atoms with Crippen LogP contribution in [0.5, 0.6) is 0 Å². The van der Waals surface area contributed by atoms with Crippen LogP contribution >= 0.6 is 0 Å². The average molecular weight is 453 g/mol. The van der Waals surface area contributed by atoms with Gasteiger partial charge in [0, 0.05) is 24.9 Å². The molecule has 1 aliphatic rings. The van der Waals surface area contributed by atoms with Crippen LogP contribution in [0.15, 0.2) is 12.5 Å². The van der Waals surface area contributed by atoms with Crippen LogP contribution < -0.4 is 22.1 Å². The standard InChI is InChI=1S/C18H27N7O7/c19-10(4-9-6-21-8-22-9)15(28)23-11(5-14(20)27)17(30)25-3-1-2-13(25)16(29)24-12(7-26)18(31)32/h6,8,10-13,26H,1-5,7,19H2,(H2,20,27)(H,21,22)(H,23,28)(H,24,29)(H,31,32). The van der Waals surface area contributed by atoms with Gasteiger partial charge in [0.15, 0.2) is 0 Å². The molecule has 0 aromatic carbocycles. The number of hydrogen-bond donors (Lipinski definition) is 7. The zero-order chi connectivity index (χ0) is 23.8. The van der Waals surface area contributed by atoms with E-state index in [0.717, 1.165) is 4.90 Å². The minimum absolute atomic E-state index is 0.107. The number of imidazole rings is 1. The Labute approximate surface area is 182 Å². The first-order chi connectivity index (χ1) is 15.1. The lowest BCUT2D eigenvalue weighted by Gasteiger charge is -2.29. The first-order valence-corrected chi connectivity index (χ1v) is 9.90. The molecule has 1 aliphatic heterocycles. The van der Waals surface area contributed by atoms with Gasteiger partial charge < -0.3 is 42.2 Å². The summed E-state index contributed by atoms with van der Waals surface area (Å²) in [6.07, 6.45) is 3.19. The molecular weight excluding hydrogens is 426 g/mol. The molecule has 1 saturated heterocycles. The Hall–Kier alpha value is -3.52. The van der Waals surface area contributed by atoms with Gasteiger partial charge in [0.05, 0.1) is 25.4 Å². The predicted molar refractivity (Wildman–Crippen MR) is 107 cm³/mol. The fourth-order valence-corrected chi connectivity index (χ4v) is 3.36. The molecule has 176 valence electrons. The quantitative estimate of drug-likeness (QED) is 0.174. The van der Waals surface area contributed by atoms with Gasteiger partial charge in [-0.15, -0.1) is 0 Å². The number of H-pyrrole nitrogens is 1. The SMILES string of the molecule is NC(=O)CC(NC(=O)C(N)Cc1cnc[nH]1)C(=O)N1CCCC1C(=O)NC(CO)C(=O)O. The van der Waals surface area contributed by atoms with E-state index < -0.39 is 66.8 Å². The largest absolute Gasteiger partial charge is 0.480 e. The van der Waals surface area contributed by atoms with Crippen molar-refractivity contribution in [3.05, 3.63) is 18.2 Å². The van der Waals surface area contributed by atoms with E-state index in [-0.39, 0.29) is 19.4 Å². The number of carboxylic acids is 1. The summed E-state index contributed by atoms with van der Waals surface area (Å²) in [6, 6.07) is -4.95. The Morgan fingerprint density at radius 3 is 2.53 bits per heavy atom. The monoisotopic (exact) mass is 453 g/mol. The van der Waals surface area contributed by atoms with Crippen molar-refractivity contribution in [1.29, 1.82) is 0 Å². The van der Waals surface area contributed by atoms with E-state index in [4.69, 9.17) is 21.7 Å². The Balaban J connectivity index is 2.09. The van der Waals surface area contributed by atoms with Crippen LogP contribution in [0.3, 0.4) is 0 Å². The molecule has 2 heterocycles. The molecule has 2 rings (SSSR count). The second-order valence-corrected chi connectivity index (χ2v) is 7.39. The van der Waals surface area contributed by atoms with Crippen LogP contribution in [-0.2, 0) is 30.4 Å². The zero-order valence-corrected chi connectivity index (χ0v) is 17.2. The molecule has 0 aliphatic carbocycles.